The van der Waals surface area contributed by atoms with Gasteiger partial charge in [-0.1, -0.05) is 0 Å². The second kappa shape index (κ2) is 14.5. The normalized spacial score (nSPS) is 19.2. The van der Waals surface area contributed by atoms with E-state index in [0.29, 0.717) is 26.4 Å². The number of hydrogen-bond acceptors (Lipinski definition) is 8. The fraction of sp³-hybridized carbons (Fsp3) is 1.00. The van der Waals surface area contributed by atoms with Gasteiger partial charge in [0, 0.05) is 0 Å². The van der Waals surface area contributed by atoms with E-state index in [4.69, 9.17) is 32.2 Å². The van der Waals surface area contributed by atoms with Gasteiger partial charge in [-0.15, -0.1) is 0 Å². The molecule has 0 aliphatic carbocycles. The Bertz CT molecular complexity index is 259. The first kappa shape index (κ1) is 25.4. The van der Waals surface area contributed by atoms with E-state index in [1.54, 1.807) is 28.4 Å². The molecule has 4 atom stereocenters. The van der Waals surface area contributed by atoms with Crippen LogP contribution in [0.4, 0.5) is 0 Å². The van der Waals surface area contributed by atoms with Gasteiger partial charge in [0.15, 0.2) is 0 Å². The topological polar surface area (TPSA) is 73.8 Å². The SMILES string of the molecule is COCC(C)[O][Ti]([O]C(C)COC)([O]C(C)COC)[O]C(C)COC. The van der Waals surface area contributed by atoms with Crippen molar-refractivity contribution in [3.05, 3.63) is 0 Å². The van der Waals surface area contributed by atoms with Gasteiger partial charge < -0.3 is 0 Å². The minimum atomic E-state index is -4.14. The molecule has 0 bridgehead atoms. The van der Waals surface area contributed by atoms with Crippen LogP contribution in [-0.2, 0) is 50.4 Å². The first-order valence-corrected chi connectivity index (χ1v) is 11.0. The molecule has 0 aromatic rings. The molecule has 0 aliphatic rings. The molecule has 0 heterocycles. The van der Waals surface area contributed by atoms with Crippen LogP contribution < -0.4 is 0 Å². The summed E-state index contributed by atoms with van der Waals surface area (Å²) in [4.78, 5) is 0. The van der Waals surface area contributed by atoms with E-state index in [0.717, 1.165) is 0 Å². The molecule has 4 unspecified atom stereocenters. The van der Waals surface area contributed by atoms with Crippen LogP contribution in [0.1, 0.15) is 27.7 Å². The van der Waals surface area contributed by atoms with Crippen molar-refractivity contribution >= 4 is 0 Å². The van der Waals surface area contributed by atoms with Crippen LogP contribution in [0.2, 0.25) is 0 Å². The molecule has 0 aromatic carbocycles. The molecule has 0 rings (SSSR count). The molecule has 0 saturated carbocycles. The monoisotopic (exact) mass is 404 g/mol. The Morgan fingerprint density at radius 1 is 0.480 bits per heavy atom. The number of methoxy groups -OCH3 is 4. The van der Waals surface area contributed by atoms with E-state index < -0.39 is 18.1 Å². The van der Waals surface area contributed by atoms with Gasteiger partial charge in [0.25, 0.3) is 0 Å². The number of rotatable bonds is 16. The van der Waals surface area contributed by atoms with Crippen LogP contribution >= 0.6 is 0 Å². The summed E-state index contributed by atoms with van der Waals surface area (Å²) in [5, 5.41) is 0. The minimum absolute atomic E-state index is 0.246. The molecular formula is C16H36O8Ti. The first-order valence-electron chi connectivity index (χ1n) is 8.49. The van der Waals surface area contributed by atoms with Crippen LogP contribution in [0, 0.1) is 0 Å². The Labute approximate surface area is 157 Å². The molecule has 0 N–H and O–H groups in total. The quantitative estimate of drug-likeness (QED) is 0.362. The molecule has 152 valence electrons. The summed E-state index contributed by atoms with van der Waals surface area (Å²) in [7, 11) is 6.47. The van der Waals surface area contributed by atoms with E-state index in [1.165, 1.54) is 0 Å². The molecule has 0 amide bonds. The fourth-order valence-corrected chi connectivity index (χ4v) is 6.25. The van der Waals surface area contributed by atoms with Gasteiger partial charge in [-0.2, -0.15) is 0 Å². The van der Waals surface area contributed by atoms with Crippen molar-refractivity contribution in [3.63, 3.8) is 0 Å². The molecular weight excluding hydrogens is 368 g/mol. The average molecular weight is 404 g/mol. The van der Waals surface area contributed by atoms with Crippen molar-refractivity contribution in [3.8, 4) is 0 Å². The molecule has 8 nitrogen and oxygen atoms in total. The van der Waals surface area contributed by atoms with E-state index >= 15 is 0 Å². The van der Waals surface area contributed by atoms with Crippen molar-refractivity contribution in [1.29, 1.82) is 0 Å². The summed E-state index contributed by atoms with van der Waals surface area (Å²) in [6.07, 6.45) is -0.984. The third-order valence-electron chi connectivity index (χ3n) is 2.99. The van der Waals surface area contributed by atoms with Crippen molar-refractivity contribution in [2.24, 2.45) is 0 Å². The molecule has 0 fully saturated rings. The van der Waals surface area contributed by atoms with E-state index in [-0.39, 0.29) is 24.4 Å². The third-order valence-corrected chi connectivity index (χ3v) is 7.30. The molecule has 0 saturated heterocycles. The first-order chi connectivity index (χ1) is 11.8. The molecule has 0 aliphatic heterocycles. The summed E-state index contributed by atoms with van der Waals surface area (Å²) in [5.41, 5.74) is 0. The van der Waals surface area contributed by atoms with E-state index in [9.17, 15) is 0 Å². The van der Waals surface area contributed by atoms with Gasteiger partial charge in [-0.05, 0) is 0 Å². The number of hydrogen-bond donors (Lipinski definition) is 0. The maximum atomic E-state index is 6.16. The van der Waals surface area contributed by atoms with Crippen molar-refractivity contribution in [1.82, 2.24) is 0 Å². The zero-order valence-electron chi connectivity index (χ0n) is 16.9. The fourth-order valence-electron chi connectivity index (χ4n) is 2.23. The van der Waals surface area contributed by atoms with Crippen LogP contribution in [0.3, 0.4) is 0 Å². The molecule has 0 radical (unpaired) electrons. The summed E-state index contributed by atoms with van der Waals surface area (Å²) in [5.74, 6) is 0. The zero-order chi connectivity index (χ0) is 19.3. The van der Waals surface area contributed by atoms with Crippen molar-refractivity contribution in [2.45, 2.75) is 52.1 Å². The van der Waals surface area contributed by atoms with Gasteiger partial charge in [0.2, 0.25) is 0 Å². The molecule has 9 heteroatoms. The van der Waals surface area contributed by atoms with Crippen LogP contribution in [0.5, 0.6) is 0 Å². The van der Waals surface area contributed by atoms with Gasteiger partial charge in [0.1, 0.15) is 0 Å². The van der Waals surface area contributed by atoms with Crippen molar-refractivity contribution in [2.75, 3.05) is 54.9 Å². The number of ether oxygens (including phenoxy) is 4. The Kier molecular flexibility index (Phi) is 14.7. The average Bonchev–Trinajstić information content (AvgIpc) is 2.47. The summed E-state index contributed by atoms with van der Waals surface area (Å²) < 4.78 is 45.3. The van der Waals surface area contributed by atoms with Gasteiger partial charge in [0.05, 0.1) is 0 Å². The second-order valence-corrected chi connectivity index (χ2v) is 9.07. The van der Waals surface area contributed by atoms with Crippen LogP contribution in [-0.4, -0.2) is 79.3 Å². The zero-order valence-corrected chi connectivity index (χ0v) is 18.5. The van der Waals surface area contributed by atoms with Gasteiger partial charge in [-0.3, -0.25) is 0 Å². The maximum absolute atomic E-state index is 6.16. The summed E-state index contributed by atoms with van der Waals surface area (Å²) in [6, 6.07) is 0. The molecule has 0 aromatic heterocycles. The predicted molar refractivity (Wildman–Crippen MR) is 89.7 cm³/mol. The second-order valence-electron chi connectivity index (χ2n) is 6.04. The van der Waals surface area contributed by atoms with Gasteiger partial charge >= 0.3 is 157 Å². The van der Waals surface area contributed by atoms with Crippen molar-refractivity contribution < 1.29 is 50.4 Å². The summed E-state index contributed by atoms with van der Waals surface area (Å²) >= 11 is -4.14. The van der Waals surface area contributed by atoms with Crippen LogP contribution in [0.15, 0.2) is 0 Å². The summed E-state index contributed by atoms with van der Waals surface area (Å²) in [6.45, 7) is 9.17. The predicted octanol–water partition coefficient (Wildman–Crippen LogP) is 2.01. The standard InChI is InChI=1S/4C4H9O2.Ti/c4*1-4(5)3-6-2;/h4*4H,3H2,1-2H3;/q4*-1;+4. The van der Waals surface area contributed by atoms with E-state index in [2.05, 4.69) is 0 Å². The van der Waals surface area contributed by atoms with Crippen LogP contribution in [0.25, 0.3) is 0 Å². The Balaban J connectivity index is 5.39. The van der Waals surface area contributed by atoms with E-state index in [1.807, 2.05) is 27.7 Å². The Hall–Kier alpha value is 0.394. The third kappa shape index (κ3) is 11.7. The molecule has 25 heavy (non-hydrogen) atoms. The molecule has 0 spiro atoms. The Morgan fingerprint density at radius 2 is 0.680 bits per heavy atom. The Morgan fingerprint density at radius 3 is 0.840 bits per heavy atom. The van der Waals surface area contributed by atoms with Gasteiger partial charge in [-0.25, -0.2) is 0 Å².